The molecule has 0 spiro atoms. The highest BCUT2D eigenvalue weighted by Crippen LogP contribution is 2.30. The van der Waals surface area contributed by atoms with E-state index in [0.29, 0.717) is 4.47 Å². The normalized spacial score (nSPS) is 14.8. The molecule has 68 valence electrons. The number of aromatic amines is 1. The number of halogens is 4. The molecule has 0 saturated heterocycles. The third-order valence-electron chi connectivity index (χ3n) is 1.36. The summed E-state index contributed by atoms with van der Waals surface area (Å²) in [4.78, 5) is 2.42. The molecule has 0 radical (unpaired) electrons. The second kappa shape index (κ2) is 3.10. The molecule has 1 heterocycles. The van der Waals surface area contributed by atoms with Gasteiger partial charge in [0.1, 0.15) is 6.04 Å². The smallest absolute Gasteiger partial charge is 0.362 e. The third kappa shape index (κ3) is 2.01. The summed E-state index contributed by atoms with van der Waals surface area (Å²) in [5.74, 6) is 0. The number of alkyl halides is 3. The molecule has 0 aliphatic carbocycles. The van der Waals surface area contributed by atoms with E-state index in [1.807, 2.05) is 0 Å². The van der Waals surface area contributed by atoms with Crippen molar-refractivity contribution in [3.63, 3.8) is 0 Å². The Morgan fingerprint density at radius 1 is 1.50 bits per heavy atom. The predicted molar refractivity (Wildman–Crippen MR) is 41.5 cm³/mol. The van der Waals surface area contributed by atoms with Gasteiger partial charge < -0.3 is 10.7 Å². The molecule has 1 atom stereocenters. The van der Waals surface area contributed by atoms with Gasteiger partial charge in [0, 0.05) is 16.4 Å². The molecule has 0 unspecified atom stereocenters. The molecule has 1 rings (SSSR count). The zero-order valence-electron chi connectivity index (χ0n) is 5.82. The molecule has 1 aromatic heterocycles. The van der Waals surface area contributed by atoms with Crippen molar-refractivity contribution in [1.82, 2.24) is 4.98 Å². The fourth-order valence-electron chi connectivity index (χ4n) is 0.740. The Bertz CT molecular complexity index is 268. The van der Waals surface area contributed by atoms with Gasteiger partial charge in [-0.1, -0.05) is 0 Å². The molecular weight excluding hydrogens is 237 g/mol. The van der Waals surface area contributed by atoms with Crippen LogP contribution in [0.5, 0.6) is 0 Å². The Balaban J connectivity index is 2.85. The van der Waals surface area contributed by atoms with Crippen LogP contribution in [0.2, 0.25) is 0 Å². The maximum absolute atomic E-state index is 12.0. The average Bonchev–Trinajstić information content (AvgIpc) is 2.32. The number of aromatic nitrogens is 1. The number of hydrogen-bond acceptors (Lipinski definition) is 1. The summed E-state index contributed by atoms with van der Waals surface area (Å²) in [6.07, 6.45) is -2.99. The molecule has 0 fully saturated rings. The van der Waals surface area contributed by atoms with Gasteiger partial charge >= 0.3 is 6.18 Å². The van der Waals surface area contributed by atoms with Crippen molar-refractivity contribution in [2.75, 3.05) is 0 Å². The summed E-state index contributed by atoms with van der Waals surface area (Å²) in [5.41, 5.74) is 4.86. The van der Waals surface area contributed by atoms with Crippen molar-refractivity contribution in [1.29, 1.82) is 0 Å². The highest BCUT2D eigenvalue weighted by atomic mass is 79.9. The molecule has 0 aromatic carbocycles. The van der Waals surface area contributed by atoms with Crippen LogP contribution in [0.1, 0.15) is 11.7 Å². The molecule has 3 N–H and O–H groups in total. The van der Waals surface area contributed by atoms with Gasteiger partial charge in [-0.2, -0.15) is 13.2 Å². The Kier molecular flexibility index (Phi) is 2.48. The Morgan fingerprint density at radius 2 is 2.08 bits per heavy atom. The lowest BCUT2D eigenvalue weighted by molar-refractivity contribution is -0.149. The van der Waals surface area contributed by atoms with E-state index in [4.69, 9.17) is 5.73 Å². The van der Waals surface area contributed by atoms with Gasteiger partial charge in [0.15, 0.2) is 0 Å². The Hall–Kier alpha value is -0.490. The predicted octanol–water partition coefficient (Wildman–Crippen LogP) is 2.34. The van der Waals surface area contributed by atoms with Crippen LogP contribution in [-0.2, 0) is 0 Å². The van der Waals surface area contributed by atoms with Crippen molar-refractivity contribution >= 4 is 15.9 Å². The highest BCUT2D eigenvalue weighted by Gasteiger charge is 2.38. The first-order chi connectivity index (χ1) is 5.41. The summed E-state index contributed by atoms with van der Waals surface area (Å²) in [7, 11) is 0. The van der Waals surface area contributed by atoms with E-state index >= 15 is 0 Å². The van der Waals surface area contributed by atoms with E-state index in [1.165, 1.54) is 12.3 Å². The van der Waals surface area contributed by atoms with E-state index in [0.717, 1.165) is 0 Å². The number of hydrogen-bond donors (Lipinski definition) is 2. The van der Waals surface area contributed by atoms with Gasteiger partial charge in [-0.3, -0.25) is 0 Å². The van der Waals surface area contributed by atoms with Crippen molar-refractivity contribution in [3.8, 4) is 0 Å². The average molecular weight is 243 g/mol. The van der Waals surface area contributed by atoms with Gasteiger partial charge in [-0.15, -0.1) is 0 Å². The second-order valence-electron chi connectivity index (χ2n) is 2.29. The molecule has 0 bridgehead atoms. The number of nitrogens with one attached hydrogen (secondary N) is 1. The summed E-state index contributed by atoms with van der Waals surface area (Å²) in [6, 6.07) is -0.637. The standard InChI is InChI=1S/C6H6BrF3N2/c7-3-1-4(12-2-3)5(11)6(8,9)10/h1-2,5,12H,11H2/t5-/m0/s1. The van der Waals surface area contributed by atoms with Crippen LogP contribution in [0.15, 0.2) is 16.7 Å². The molecule has 0 amide bonds. The zero-order chi connectivity index (χ0) is 9.35. The van der Waals surface area contributed by atoms with Gasteiger partial charge in [0.2, 0.25) is 0 Å². The zero-order valence-corrected chi connectivity index (χ0v) is 7.41. The summed E-state index contributed by atoms with van der Waals surface area (Å²) < 4.78 is 36.5. The van der Waals surface area contributed by atoms with Crippen LogP contribution in [0.25, 0.3) is 0 Å². The minimum atomic E-state index is -4.40. The first-order valence-corrected chi connectivity index (χ1v) is 3.86. The lowest BCUT2D eigenvalue weighted by atomic mass is 10.2. The first-order valence-electron chi connectivity index (χ1n) is 3.07. The number of rotatable bonds is 1. The highest BCUT2D eigenvalue weighted by molar-refractivity contribution is 9.10. The van der Waals surface area contributed by atoms with Gasteiger partial charge in [-0.05, 0) is 22.0 Å². The maximum Gasteiger partial charge on any atom is 0.409 e. The largest absolute Gasteiger partial charge is 0.409 e. The maximum atomic E-state index is 12.0. The van der Waals surface area contributed by atoms with Crippen LogP contribution in [0.4, 0.5) is 13.2 Å². The Labute approximate surface area is 75.1 Å². The van der Waals surface area contributed by atoms with Gasteiger partial charge in [-0.25, -0.2) is 0 Å². The van der Waals surface area contributed by atoms with Gasteiger partial charge in [0.25, 0.3) is 0 Å². The van der Waals surface area contributed by atoms with E-state index in [9.17, 15) is 13.2 Å². The summed E-state index contributed by atoms with van der Waals surface area (Å²) in [6.45, 7) is 0. The second-order valence-corrected chi connectivity index (χ2v) is 3.21. The van der Waals surface area contributed by atoms with Crippen LogP contribution < -0.4 is 5.73 Å². The SMILES string of the molecule is N[C@@H](c1cc(Br)c[nH]1)C(F)(F)F. The lowest BCUT2D eigenvalue weighted by Crippen LogP contribution is -2.28. The van der Waals surface area contributed by atoms with Crippen molar-refractivity contribution in [2.45, 2.75) is 12.2 Å². The number of nitrogens with two attached hydrogens (primary N) is 1. The summed E-state index contributed by atoms with van der Waals surface area (Å²) in [5, 5.41) is 0. The minimum absolute atomic E-state index is 0.0469. The quantitative estimate of drug-likeness (QED) is 0.780. The van der Waals surface area contributed by atoms with Crippen molar-refractivity contribution in [2.24, 2.45) is 5.73 Å². The Morgan fingerprint density at radius 3 is 2.42 bits per heavy atom. The van der Waals surface area contributed by atoms with Crippen LogP contribution >= 0.6 is 15.9 Å². The monoisotopic (exact) mass is 242 g/mol. The van der Waals surface area contributed by atoms with E-state index in [2.05, 4.69) is 20.9 Å². The topological polar surface area (TPSA) is 41.8 Å². The van der Waals surface area contributed by atoms with Crippen molar-refractivity contribution in [3.05, 3.63) is 22.4 Å². The van der Waals surface area contributed by atoms with Crippen LogP contribution in [0, 0.1) is 0 Å². The molecule has 12 heavy (non-hydrogen) atoms. The molecule has 0 aliphatic heterocycles. The fourth-order valence-corrected chi connectivity index (χ4v) is 1.10. The minimum Gasteiger partial charge on any atom is -0.362 e. The first kappa shape index (κ1) is 9.60. The third-order valence-corrected chi connectivity index (χ3v) is 1.82. The molecule has 0 aliphatic rings. The number of H-pyrrole nitrogens is 1. The van der Waals surface area contributed by atoms with Crippen molar-refractivity contribution < 1.29 is 13.2 Å². The summed E-state index contributed by atoms with van der Waals surface area (Å²) >= 11 is 3.01. The van der Waals surface area contributed by atoms with Crippen LogP contribution in [0.3, 0.4) is 0 Å². The van der Waals surface area contributed by atoms with E-state index in [1.54, 1.807) is 0 Å². The lowest BCUT2D eigenvalue weighted by Gasteiger charge is -2.13. The molecular formula is C6H6BrF3N2. The van der Waals surface area contributed by atoms with E-state index in [-0.39, 0.29) is 5.69 Å². The van der Waals surface area contributed by atoms with Crippen LogP contribution in [-0.4, -0.2) is 11.2 Å². The van der Waals surface area contributed by atoms with E-state index < -0.39 is 12.2 Å². The molecule has 2 nitrogen and oxygen atoms in total. The van der Waals surface area contributed by atoms with Gasteiger partial charge in [0.05, 0.1) is 0 Å². The fraction of sp³-hybridized carbons (Fsp3) is 0.333. The molecule has 0 saturated carbocycles. The molecule has 6 heteroatoms. The molecule has 1 aromatic rings.